The lowest BCUT2D eigenvalue weighted by molar-refractivity contribution is 0.0527. The molecule has 0 atom stereocenters. The Kier molecular flexibility index (Phi) is 5.78. The fraction of sp³-hybridized carbons (Fsp3) is 0.150. The van der Waals surface area contributed by atoms with Crippen molar-refractivity contribution in [2.24, 2.45) is 0 Å². The summed E-state index contributed by atoms with van der Waals surface area (Å²) in [4.78, 5) is 20.7. The summed E-state index contributed by atoms with van der Waals surface area (Å²) in [6.07, 6.45) is 0. The molecule has 0 aliphatic carbocycles. The number of halogens is 2. The summed E-state index contributed by atoms with van der Waals surface area (Å²) in [6, 6.07) is 11.6. The topological polar surface area (TPSA) is 76.1 Å². The Balaban J connectivity index is 1.87. The minimum atomic E-state index is -0.738. The molecule has 0 fully saturated rings. The Morgan fingerprint density at radius 2 is 1.82 bits per heavy atom. The van der Waals surface area contributed by atoms with Crippen LogP contribution >= 0.6 is 0 Å². The van der Waals surface area contributed by atoms with Gasteiger partial charge in [0.1, 0.15) is 17.5 Å². The van der Waals surface area contributed by atoms with E-state index in [9.17, 15) is 13.6 Å². The number of anilines is 4. The van der Waals surface area contributed by atoms with E-state index < -0.39 is 17.6 Å². The molecule has 2 aromatic carbocycles. The van der Waals surface area contributed by atoms with Crippen molar-refractivity contribution in [2.75, 3.05) is 17.2 Å². The van der Waals surface area contributed by atoms with Gasteiger partial charge >= 0.3 is 5.97 Å². The largest absolute Gasteiger partial charge is 0.462 e. The number of hydrogen-bond donors (Lipinski definition) is 2. The number of carbonyl (C=O) groups excluding carboxylic acids is 1. The SMILES string of the molecule is CCOC(=O)c1ccccc1Nc1nc(C)cc(Nc2ccc(F)cc2F)n1. The molecule has 0 bridgehead atoms. The highest BCUT2D eigenvalue weighted by atomic mass is 19.1. The van der Waals surface area contributed by atoms with E-state index in [0.717, 1.165) is 12.1 Å². The van der Waals surface area contributed by atoms with Crippen molar-refractivity contribution < 1.29 is 18.3 Å². The quantitative estimate of drug-likeness (QED) is 0.599. The summed E-state index contributed by atoms with van der Waals surface area (Å²) in [5, 5.41) is 5.79. The number of para-hydroxylation sites is 1. The average molecular weight is 384 g/mol. The Hall–Kier alpha value is -3.55. The van der Waals surface area contributed by atoms with Crippen molar-refractivity contribution in [1.82, 2.24) is 9.97 Å². The molecule has 3 aromatic rings. The summed E-state index contributed by atoms with van der Waals surface area (Å²) in [5.74, 6) is -1.35. The van der Waals surface area contributed by atoms with Gasteiger partial charge in [-0.25, -0.2) is 18.6 Å². The first-order valence-electron chi connectivity index (χ1n) is 8.57. The van der Waals surface area contributed by atoms with Gasteiger partial charge in [0.25, 0.3) is 0 Å². The second-order valence-electron chi connectivity index (χ2n) is 5.86. The van der Waals surface area contributed by atoms with Gasteiger partial charge in [0.2, 0.25) is 5.95 Å². The van der Waals surface area contributed by atoms with Gasteiger partial charge < -0.3 is 15.4 Å². The number of nitrogens with one attached hydrogen (secondary N) is 2. The zero-order chi connectivity index (χ0) is 20.1. The summed E-state index contributed by atoms with van der Waals surface area (Å²) >= 11 is 0. The van der Waals surface area contributed by atoms with E-state index in [2.05, 4.69) is 20.6 Å². The van der Waals surface area contributed by atoms with Crippen molar-refractivity contribution in [3.63, 3.8) is 0 Å². The molecule has 0 spiro atoms. The molecule has 0 aliphatic rings. The van der Waals surface area contributed by atoms with Crippen LogP contribution in [0.2, 0.25) is 0 Å². The molecular weight excluding hydrogens is 366 g/mol. The molecule has 3 rings (SSSR count). The number of carbonyl (C=O) groups is 1. The lowest BCUT2D eigenvalue weighted by Crippen LogP contribution is -2.09. The van der Waals surface area contributed by atoms with Crippen LogP contribution in [0.3, 0.4) is 0 Å². The van der Waals surface area contributed by atoms with Crippen LogP contribution < -0.4 is 10.6 Å². The number of ether oxygens (including phenoxy) is 1. The van der Waals surface area contributed by atoms with Gasteiger partial charge in [0, 0.05) is 17.8 Å². The smallest absolute Gasteiger partial charge is 0.340 e. The maximum atomic E-state index is 13.9. The number of nitrogens with zero attached hydrogens (tertiary/aromatic N) is 2. The minimum absolute atomic E-state index is 0.0809. The molecule has 0 amide bonds. The normalized spacial score (nSPS) is 10.4. The molecule has 144 valence electrons. The highest BCUT2D eigenvalue weighted by Crippen LogP contribution is 2.23. The first kappa shape index (κ1) is 19.2. The molecule has 1 heterocycles. The van der Waals surface area contributed by atoms with E-state index >= 15 is 0 Å². The molecule has 0 unspecified atom stereocenters. The summed E-state index contributed by atoms with van der Waals surface area (Å²) < 4.78 is 32.0. The molecular formula is C20H18F2N4O2. The highest BCUT2D eigenvalue weighted by Gasteiger charge is 2.14. The van der Waals surface area contributed by atoms with Crippen molar-refractivity contribution in [1.29, 1.82) is 0 Å². The first-order chi connectivity index (χ1) is 13.5. The van der Waals surface area contributed by atoms with Gasteiger partial charge in [0.15, 0.2) is 0 Å². The van der Waals surface area contributed by atoms with Gasteiger partial charge in [-0.1, -0.05) is 12.1 Å². The fourth-order valence-corrected chi connectivity index (χ4v) is 2.52. The third kappa shape index (κ3) is 4.59. The average Bonchev–Trinajstić information content (AvgIpc) is 2.64. The number of rotatable bonds is 6. The van der Waals surface area contributed by atoms with Gasteiger partial charge in [-0.15, -0.1) is 0 Å². The Bertz CT molecular complexity index is 1010. The second-order valence-corrected chi connectivity index (χ2v) is 5.86. The van der Waals surface area contributed by atoms with E-state index in [-0.39, 0.29) is 18.2 Å². The minimum Gasteiger partial charge on any atom is -0.462 e. The number of aryl methyl sites for hydroxylation is 1. The monoisotopic (exact) mass is 384 g/mol. The predicted octanol–water partition coefficient (Wildman–Crippen LogP) is 4.73. The fourth-order valence-electron chi connectivity index (χ4n) is 2.52. The lowest BCUT2D eigenvalue weighted by Gasteiger charge is -2.12. The zero-order valence-electron chi connectivity index (χ0n) is 15.3. The number of benzene rings is 2. The maximum Gasteiger partial charge on any atom is 0.340 e. The summed E-state index contributed by atoms with van der Waals surface area (Å²) in [5.41, 5.74) is 1.51. The summed E-state index contributed by atoms with van der Waals surface area (Å²) in [7, 11) is 0. The number of esters is 1. The van der Waals surface area contributed by atoms with Crippen LogP contribution in [0, 0.1) is 18.6 Å². The van der Waals surface area contributed by atoms with Crippen LogP contribution in [0.25, 0.3) is 0 Å². The predicted molar refractivity (Wildman–Crippen MR) is 102 cm³/mol. The molecule has 2 N–H and O–H groups in total. The first-order valence-corrected chi connectivity index (χ1v) is 8.57. The Morgan fingerprint density at radius 1 is 1.04 bits per heavy atom. The molecule has 6 nitrogen and oxygen atoms in total. The Morgan fingerprint density at radius 3 is 2.57 bits per heavy atom. The molecule has 1 aromatic heterocycles. The molecule has 0 saturated heterocycles. The Labute approximate surface area is 160 Å². The van der Waals surface area contributed by atoms with Crippen molar-refractivity contribution >= 4 is 29.1 Å². The van der Waals surface area contributed by atoms with Crippen LogP contribution in [0.1, 0.15) is 23.0 Å². The van der Waals surface area contributed by atoms with Crippen LogP contribution in [0.15, 0.2) is 48.5 Å². The summed E-state index contributed by atoms with van der Waals surface area (Å²) in [6.45, 7) is 3.73. The molecule has 8 heteroatoms. The molecule has 0 saturated carbocycles. The highest BCUT2D eigenvalue weighted by molar-refractivity contribution is 5.96. The third-order valence-electron chi connectivity index (χ3n) is 3.72. The maximum absolute atomic E-state index is 13.9. The van der Waals surface area contributed by atoms with Gasteiger partial charge in [-0.05, 0) is 38.1 Å². The van der Waals surface area contributed by atoms with E-state index in [1.807, 2.05) is 0 Å². The molecule has 0 aliphatic heterocycles. The van der Waals surface area contributed by atoms with E-state index in [1.54, 1.807) is 44.2 Å². The van der Waals surface area contributed by atoms with Gasteiger partial charge in [-0.2, -0.15) is 4.98 Å². The molecule has 0 radical (unpaired) electrons. The van der Waals surface area contributed by atoms with E-state index in [4.69, 9.17) is 4.74 Å². The van der Waals surface area contributed by atoms with Crippen molar-refractivity contribution in [2.45, 2.75) is 13.8 Å². The van der Waals surface area contributed by atoms with Gasteiger partial charge in [-0.3, -0.25) is 0 Å². The van der Waals surface area contributed by atoms with Crippen LogP contribution in [-0.2, 0) is 4.74 Å². The van der Waals surface area contributed by atoms with Crippen LogP contribution in [0.5, 0.6) is 0 Å². The van der Waals surface area contributed by atoms with E-state index in [0.29, 0.717) is 22.8 Å². The van der Waals surface area contributed by atoms with Gasteiger partial charge in [0.05, 0.1) is 23.5 Å². The number of aromatic nitrogens is 2. The van der Waals surface area contributed by atoms with E-state index in [1.165, 1.54) is 6.07 Å². The van der Waals surface area contributed by atoms with Crippen molar-refractivity contribution in [3.05, 3.63) is 71.4 Å². The van der Waals surface area contributed by atoms with Crippen molar-refractivity contribution in [3.8, 4) is 0 Å². The second kappa shape index (κ2) is 8.43. The standard InChI is InChI=1S/C20H18F2N4O2/c1-3-28-19(27)14-6-4-5-7-16(14)25-20-23-12(2)10-18(26-20)24-17-9-8-13(21)11-15(17)22/h4-11H,3H2,1-2H3,(H2,23,24,25,26). The number of hydrogen-bond acceptors (Lipinski definition) is 6. The van der Waals surface area contributed by atoms with Crippen LogP contribution in [0.4, 0.5) is 31.9 Å². The van der Waals surface area contributed by atoms with Crippen LogP contribution in [-0.4, -0.2) is 22.5 Å². The lowest BCUT2D eigenvalue weighted by atomic mass is 10.2. The zero-order valence-corrected chi connectivity index (χ0v) is 15.3. The third-order valence-corrected chi connectivity index (χ3v) is 3.72. The molecule has 28 heavy (non-hydrogen) atoms.